The average Bonchev–Trinajstić information content (AvgIpc) is 2.17. The highest BCUT2D eigenvalue weighted by Crippen LogP contribution is 2.17. The van der Waals surface area contributed by atoms with Crippen molar-refractivity contribution in [3.63, 3.8) is 0 Å². The van der Waals surface area contributed by atoms with Crippen molar-refractivity contribution in [2.75, 3.05) is 25.4 Å². The summed E-state index contributed by atoms with van der Waals surface area (Å²) in [7, 11) is 0. The SMILES string of the molecule is CCN1CCS[C@@H](C(=O)NN)C1. The molecule has 1 heterocycles. The third kappa shape index (κ3) is 2.36. The Morgan fingerprint density at radius 3 is 3.17 bits per heavy atom. The van der Waals surface area contributed by atoms with Gasteiger partial charge < -0.3 is 4.90 Å². The molecule has 0 aromatic rings. The Balaban J connectivity index is 2.40. The lowest BCUT2D eigenvalue weighted by Gasteiger charge is -2.29. The molecule has 0 spiro atoms. The zero-order valence-corrected chi connectivity index (χ0v) is 8.06. The minimum atomic E-state index is -0.0573. The minimum absolute atomic E-state index is 0.0173. The number of hydrazine groups is 1. The van der Waals surface area contributed by atoms with E-state index in [1.807, 2.05) is 0 Å². The Morgan fingerprint density at radius 2 is 2.58 bits per heavy atom. The zero-order chi connectivity index (χ0) is 8.97. The second kappa shape index (κ2) is 4.69. The average molecular weight is 189 g/mol. The molecule has 0 aromatic carbocycles. The van der Waals surface area contributed by atoms with Gasteiger partial charge in [-0.2, -0.15) is 0 Å². The molecule has 0 bridgehead atoms. The predicted molar refractivity (Wildman–Crippen MR) is 50.7 cm³/mol. The number of carbonyl (C=O) groups is 1. The second-order valence-corrected chi connectivity index (χ2v) is 4.07. The highest BCUT2D eigenvalue weighted by atomic mass is 32.2. The summed E-state index contributed by atoms with van der Waals surface area (Å²) in [5, 5.41) is 0.0173. The first-order valence-electron chi connectivity index (χ1n) is 4.12. The van der Waals surface area contributed by atoms with E-state index in [1.165, 1.54) is 0 Å². The van der Waals surface area contributed by atoms with E-state index in [2.05, 4.69) is 17.2 Å². The third-order valence-corrected chi connectivity index (χ3v) is 3.22. The summed E-state index contributed by atoms with van der Waals surface area (Å²) in [5.74, 6) is 6.02. The molecule has 1 amide bonds. The number of nitrogens with zero attached hydrogens (tertiary/aromatic N) is 1. The van der Waals surface area contributed by atoms with Crippen molar-refractivity contribution in [1.82, 2.24) is 10.3 Å². The number of nitrogens with two attached hydrogens (primary N) is 1. The first-order valence-corrected chi connectivity index (χ1v) is 5.17. The van der Waals surface area contributed by atoms with Gasteiger partial charge >= 0.3 is 0 Å². The zero-order valence-electron chi connectivity index (χ0n) is 7.25. The number of nitrogens with one attached hydrogen (secondary N) is 1. The number of hydrogen-bond donors (Lipinski definition) is 2. The van der Waals surface area contributed by atoms with Crippen molar-refractivity contribution < 1.29 is 4.79 Å². The van der Waals surface area contributed by atoms with Gasteiger partial charge in [-0.25, -0.2) is 5.84 Å². The molecule has 1 atom stereocenters. The lowest BCUT2D eigenvalue weighted by molar-refractivity contribution is -0.121. The fourth-order valence-corrected chi connectivity index (χ4v) is 2.43. The van der Waals surface area contributed by atoms with Crippen molar-refractivity contribution in [3.05, 3.63) is 0 Å². The minimum Gasteiger partial charge on any atom is -0.301 e. The van der Waals surface area contributed by atoms with Crippen LogP contribution in [0.1, 0.15) is 6.92 Å². The fraction of sp³-hybridized carbons (Fsp3) is 0.857. The van der Waals surface area contributed by atoms with Crippen molar-refractivity contribution in [2.24, 2.45) is 5.84 Å². The smallest absolute Gasteiger partial charge is 0.248 e. The maximum Gasteiger partial charge on any atom is 0.248 e. The largest absolute Gasteiger partial charge is 0.301 e. The lowest BCUT2D eigenvalue weighted by Crippen LogP contribution is -2.47. The van der Waals surface area contributed by atoms with Crippen molar-refractivity contribution in [1.29, 1.82) is 0 Å². The Labute approximate surface area is 76.8 Å². The molecular weight excluding hydrogens is 174 g/mol. The van der Waals surface area contributed by atoms with Gasteiger partial charge in [0.15, 0.2) is 0 Å². The Kier molecular flexibility index (Phi) is 3.84. The van der Waals surface area contributed by atoms with Crippen LogP contribution in [0.2, 0.25) is 0 Å². The molecule has 1 aliphatic rings. The number of carbonyl (C=O) groups excluding carboxylic acids is 1. The van der Waals surface area contributed by atoms with Gasteiger partial charge in [-0.3, -0.25) is 10.2 Å². The van der Waals surface area contributed by atoms with Gasteiger partial charge in [0.2, 0.25) is 5.91 Å². The molecule has 0 unspecified atom stereocenters. The van der Waals surface area contributed by atoms with Gasteiger partial charge in [0.05, 0.1) is 5.25 Å². The fourth-order valence-electron chi connectivity index (χ4n) is 1.24. The summed E-state index contributed by atoms with van der Waals surface area (Å²) >= 11 is 1.68. The Bertz CT molecular complexity index is 165. The molecule has 5 heteroatoms. The molecule has 1 aliphatic heterocycles. The summed E-state index contributed by atoms with van der Waals surface area (Å²) in [6.45, 7) is 5.02. The topological polar surface area (TPSA) is 58.4 Å². The van der Waals surface area contributed by atoms with E-state index >= 15 is 0 Å². The summed E-state index contributed by atoms with van der Waals surface area (Å²) in [4.78, 5) is 13.4. The van der Waals surface area contributed by atoms with Crippen LogP contribution >= 0.6 is 11.8 Å². The summed E-state index contributed by atoms with van der Waals surface area (Å²) < 4.78 is 0. The lowest BCUT2D eigenvalue weighted by atomic mass is 10.3. The van der Waals surface area contributed by atoms with E-state index in [0.29, 0.717) is 0 Å². The molecule has 0 saturated carbocycles. The van der Waals surface area contributed by atoms with Crippen LogP contribution in [0.4, 0.5) is 0 Å². The molecule has 4 nitrogen and oxygen atoms in total. The summed E-state index contributed by atoms with van der Waals surface area (Å²) in [5.41, 5.74) is 2.19. The number of thioether (sulfide) groups is 1. The van der Waals surface area contributed by atoms with E-state index in [0.717, 1.165) is 25.4 Å². The maximum absolute atomic E-state index is 11.1. The van der Waals surface area contributed by atoms with Gasteiger partial charge in [-0.15, -0.1) is 11.8 Å². The molecule has 12 heavy (non-hydrogen) atoms. The highest BCUT2D eigenvalue weighted by molar-refractivity contribution is 8.00. The molecule has 3 N–H and O–H groups in total. The standard InChI is InChI=1S/C7H15N3OS/c1-2-10-3-4-12-6(5-10)7(11)9-8/h6H,2-5,8H2,1H3,(H,9,11)/t6-/m1/s1. The third-order valence-electron chi connectivity index (χ3n) is 2.03. The monoisotopic (exact) mass is 189 g/mol. The first kappa shape index (κ1) is 9.83. The van der Waals surface area contributed by atoms with E-state index < -0.39 is 0 Å². The molecule has 1 fully saturated rings. The molecule has 0 radical (unpaired) electrons. The Hall–Kier alpha value is -0.260. The summed E-state index contributed by atoms with van der Waals surface area (Å²) in [6.07, 6.45) is 0. The molecule has 0 aliphatic carbocycles. The quantitative estimate of drug-likeness (QED) is 0.346. The van der Waals surface area contributed by atoms with E-state index in [4.69, 9.17) is 5.84 Å². The number of amides is 1. The van der Waals surface area contributed by atoms with Crippen LogP contribution in [-0.2, 0) is 4.79 Å². The second-order valence-electron chi connectivity index (χ2n) is 2.76. The van der Waals surface area contributed by atoms with Crippen LogP contribution in [0.15, 0.2) is 0 Å². The molecular formula is C7H15N3OS. The van der Waals surface area contributed by atoms with Crippen LogP contribution in [0.25, 0.3) is 0 Å². The van der Waals surface area contributed by atoms with Crippen molar-refractivity contribution >= 4 is 17.7 Å². The normalized spacial score (nSPS) is 25.3. The Morgan fingerprint density at radius 1 is 1.83 bits per heavy atom. The van der Waals surface area contributed by atoms with E-state index in [9.17, 15) is 4.79 Å². The van der Waals surface area contributed by atoms with Gasteiger partial charge in [-0.05, 0) is 6.54 Å². The maximum atomic E-state index is 11.1. The number of rotatable bonds is 2. The first-order chi connectivity index (χ1) is 5.77. The molecule has 70 valence electrons. The highest BCUT2D eigenvalue weighted by Gasteiger charge is 2.24. The summed E-state index contributed by atoms with van der Waals surface area (Å²) in [6, 6.07) is 0. The van der Waals surface area contributed by atoms with Crippen LogP contribution in [-0.4, -0.2) is 41.4 Å². The molecule has 0 aromatic heterocycles. The van der Waals surface area contributed by atoms with Crippen molar-refractivity contribution in [3.8, 4) is 0 Å². The molecule has 1 saturated heterocycles. The number of hydrogen-bond acceptors (Lipinski definition) is 4. The van der Waals surface area contributed by atoms with Gasteiger partial charge in [0.25, 0.3) is 0 Å². The molecule has 1 rings (SSSR count). The van der Waals surface area contributed by atoms with Crippen LogP contribution < -0.4 is 11.3 Å². The van der Waals surface area contributed by atoms with E-state index in [1.54, 1.807) is 11.8 Å². The van der Waals surface area contributed by atoms with Crippen LogP contribution in [0.5, 0.6) is 0 Å². The van der Waals surface area contributed by atoms with Crippen LogP contribution in [0, 0.1) is 0 Å². The van der Waals surface area contributed by atoms with Crippen molar-refractivity contribution in [2.45, 2.75) is 12.2 Å². The van der Waals surface area contributed by atoms with Gasteiger partial charge in [-0.1, -0.05) is 6.92 Å². The van der Waals surface area contributed by atoms with Gasteiger partial charge in [0.1, 0.15) is 0 Å². The predicted octanol–water partition coefficient (Wildman–Crippen LogP) is -0.586. The van der Waals surface area contributed by atoms with E-state index in [-0.39, 0.29) is 11.2 Å². The van der Waals surface area contributed by atoms with Crippen LogP contribution in [0.3, 0.4) is 0 Å². The van der Waals surface area contributed by atoms with Gasteiger partial charge in [0, 0.05) is 18.8 Å².